The van der Waals surface area contributed by atoms with Gasteiger partial charge in [0.05, 0.1) is 0 Å². The Kier molecular flexibility index (Phi) is 1.04. The van der Waals surface area contributed by atoms with Crippen molar-refractivity contribution in [3.8, 4) is 0 Å². The Bertz CT molecular complexity index is 8.00. The number of nitrogens with zero attached hydrogens (tertiary/aromatic N) is 1. The van der Waals surface area contributed by atoms with Crippen molar-refractivity contribution in [2.24, 2.45) is 0 Å². The van der Waals surface area contributed by atoms with Gasteiger partial charge < -0.3 is 0 Å². The predicted octanol–water partition coefficient (Wildman–Crippen LogP) is 0.942. The second-order valence-corrected chi connectivity index (χ2v) is 0.192. The van der Waals surface area contributed by atoms with Gasteiger partial charge in [0.1, 0.15) is 0 Å². The minimum atomic E-state index is -2.50. The Morgan fingerprint density at radius 1 is 1.00 bits per heavy atom. The quantitative estimate of drug-likeness (QED) is 0.384. The van der Waals surface area contributed by atoms with Crippen molar-refractivity contribution in [3.05, 3.63) is 0 Å². The Labute approximate surface area is 20.4 Å². The van der Waals surface area contributed by atoms with Gasteiger partial charge >= 0.3 is 0 Å². The monoisotopic (exact) mass is 71.0 g/mol. The highest BCUT2D eigenvalue weighted by Gasteiger charge is 1.80. The molecular formula is F3N. The van der Waals surface area contributed by atoms with Crippen molar-refractivity contribution in [2.45, 2.75) is 0 Å². The van der Waals surface area contributed by atoms with Crippen LogP contribution in [0.15, 0.2) is 0 Å². The summed E-state index contributed by atoms with van der Waals surface area (Å²) in [7, 11) is 0. The molecule has 26 valence electrons. The number of rotatable bonds is 0. The molecular weight excluding hydrogens is 71.0 g/mol. The Morgan fingerprint density at radius 2 is 1.00 bits per heavy atom. The Balaban J connectivity index is 2.32. The maximum atomic E-state index is 9.50. The van der Waals surface area contributed by atoms with Gasteiger partial charge in [0.15, 0.2) is 5.57 Å². The summed E-state index contributed by atoms with van der Waals surface area (Å²) in [5, 5.41) is 0. The van der Waals surface area contributed by atoms with Crippen molar-refractivity contribution < 1.29 is 13.4 Å². The highest BCUT2D eigenvalue weighted by Crippen LogP contribution is 1.82. The van der Waals surface area contributed by atoms with Crippen LogP contribution in [0.2, 0.25) is 0 Å². The molecule has 0 N–H and O–H groups in total. The summed E-state index contributed by atoms with van der Waals surface area (Å²) in [5.41, 5.74) is -2.50. The van der Waals surface area contributed by atoms with Crippen molar-refractivity contribution in [1.82, 2.24) is 5.57 Å². The van der Waals surface area contributed by atoms with Crippen LogP contribution in [0.5, 0.6) is 0 Å². The number of hydrogen-bond donors (Lipinski definition) is 0. The fourth-order valence-electron chi connectivity index (χ4n) is 0. The highest BCUT2D eigenvalue weighted by molar-refractivity contribution is 3.24. The lowest BCUT2D eigenvalue weighted by Gasteiger charge is -1.67. The van der Waals surface area contributed by atoms with E-state index in [0.717, 1.165) is 0 Å². The molecule has 0 fully saturated rings. The molecule has 0 aromatic heterocycles. The van der Waals surface area contributed by atoms with E-state index in [4.69, 9.17) is 0 Å². The van der Waals surface area contributed by atoms with E-state index in [-0.39, 0.29) is 0 Å². The summed E-state index contributed by atoms with van der Waals surface area (Å²) >= 11 is 0. The summed E-state index contributed by atoms with van der Waals surface area (Å²) in [5.74, 6) is 0. The van der Waals surface area contributed by atoms with E-state index < -0.39 is 5.57 Å². The van der Waals surface area contributed by atoms with E-state index in [2.05, 4.69) is 0 Å². The summed E-state index contributed by atoms with van der Waals surface area (Å²) < 4.78 is 28.5. The second kappa shape index (κ2) is 1.11. The minimum absolute atomic E-state index is 2.50. The lowest BCUT2D eigenvalue weighted by atomic mass is 13.5. The SMILES string of the molecule is FN(F)F. The topological polar surface area (TPSA) is 3.24 Å². The molecule has 0 spiro atoms. The normalized spacial score (nSPS) is 9.00. The first kappa shape index (κ1) is 3.75. The van der Waals surface area contributed by atoms with Gasteiger partial charge in [-0.15, -0.1) is 0 Å². The molecule has 0 aliphatic carbocycles. The fourth-order valence-corrected chi connectivity index (χ4v) is 0. The second-order valence-electron chi connectivity index (χ2n) is 0.192. The van der Waals surface area contributed by atoms with Crippen LogP contribution in [0, 0.1) is 0 Å². The molecule has 0 aliphatic heterocycles. The Morgan fingerprint density at radius 3 is 1.00 bits per heavy atom. The number of hydrogen-bond acceptors (Lipinski definition) is 1. The fraction of sp³-hybridized carbons (Fsp3) is 0. The summed E-state index contributed by atoms with van der Waals surface area (Å²) in [6.45, 7) is 0. The zero-order valence-electron chi connectivity index (χ0n) is 1.58. The lowest BCUT2D eigenvalue weighted by molar-refractivity contribution is -0.295. The molecule has 0 saturated heterocycles. The molecule has 0 atom stereocenters. The van der Waals surface area contributed by atoms with Crippen molar-refractivity contribution >= 4 is 0 Å². The predicted molar refractivity (Wildman–Crippen MR) is 5.16 cm³/mol. The van der Waals surface area contributed by atoms with Crippen LogP contribution >= 0.6 is 0 Å². The third-order valence-electron chi connectivity index (χ3n) is 0. The van der Waals surface area contributed by atoms with E-state index in [1.54, 1.807) is 0 Å². The van der Waals surface area contributed by atoms with E-state index in [1.807, 2.05) is 0 Å². The lowest BCUT2D eigenvalue weighted by Crippen LogP contribution is -1.72. The van der Waals surface area contributed by atoms with Gasteiger partial charge in [-0.3, -0.25) is 0 Å². The average molecular weight is 71.0 g/mol. The highest BCUT2D eigenvalue weighted by atomic mass is 19.5. The third kappa shape index (κ3) is 15.8. The van der Waals surface area contributed by atoms with Crippen LogP contribution in [-0.4, -0.2) is 5.57 Å². The smallest absolute Gasteiger partial charge is 0.0662 e. The van der Waals surface area contributed by atoms with E-state index in [9.17, 15) is 13.4 Å². The van der Waals surface area contributed by atoms with Gasteiger partial charge in [-0.2, -0.15) is 0 Å². The van der Waals surface area contributed by atoms with Crippen molar-refractivity contribution in [2.75, 3.05) is 0 Å². The standard InChI is InChI=1S/F3N/c1-4(2)3. The van der Waals surface area contributed by atoms with Crippen molar-refractivity contribution in [3.63, 3.8) is 0 Å². The molecule has 0 aliphatic rings. The van der Waals surface area contributed by atoms with Gasteiger partial charge in [0.25, 0.3) is 0 Å². The van der Waals surface area contributed by atoms with Gasteiger partial charge in [0.2, 0.25) is 0 Å². The molecule has 0 heterocycles. The summed E-state index contributed by atoms with van der Waals surface area (Å²) in [6.07, 6.45) is 0. The summed E-state index contributed by atoms with van der Waals surface area (Å²) in [4.78, 5) is 0. The first-order valence-electron chi connectivity index (χ1n) is 0.507. The first-order chi connectivity index (χ1) is 1.73. The van der Waals surface area contributed by atoms with Gasteiger partial charge in [-0.25, -0.2) is 0 Å². The van der Waals surface area contributed by atoms with Crippen LogP contribution in [0.25, 0.3) is 0 Å². The molecule has 0 bridgehead atoms. The molecule has 0 amide bonds. The van der Waals surface area contributed by atoms with E-state index in [1.165, 1.54) is 0 Å². The average Bonchev–Trinajstić information content (AvgIpc) is 0.811. The zero-order valence-corrected chi connectivity index (χ0v) is 1.58. The molecule has 4 heteroatoms. The maximum absolute atomic E-state index is 9.50. The van der Waals surface area contributed by atoms with Crippen LogP contribution in [0.4, 0.5) is 13.4 Å². The van der Waals surface area contributed by atoms with Gasteiger partial charge in [-0.05, 0) is 0 Å². The number of halogens is 3. The molecule has 0 aromatic carbocycles. The van der Waals surface area contributed by atoms with Crippen LogP contribution < -0.4 is 0 Å². The van der Waals surface area contributed by atoms with Gasteiger partial charge in [0, 0.05) is 0 Å². The molecule has 0 radical (unpaired) electrons. The Hall–Kier alpha value is -0.250. The minimum Gasteiger partial charge on any atom is -0.0662 e. The van der Waals surface area contributed by atoms with Gasteiger partial charge in [-0.1, -0.05) is 13.4 Å². The van der Waals surface area contributed by atoms with Crippen molar-refractivity contribution in [1.29, 1.82) is 0 Å². The molecule has 0 aromatic rings. The molecule has 0 saturated carbocycles. The zero-order chi connectivity index (χ0) is 3.58. The maximum Gasteiger partial charge on any atom is 0.199 e. The van der Waals surface area contributed by atoms with Crippen LogP contribution in [0.3, 0.4) is 0 Å². The summed E-state index contributed by atoms with van der Waals surface area (Å²) in [6, 6.07) is 0. The van der Waals surface area contributed by atoms with E-state index in [0.29, 0.717) is 0 Å². The first-order valence-corrected chi connectivity index (χ1v) is 0.507. The largest absolute Gasteiger partial charge is 0.199 e. The van der Waals surface area contributed by atoms with Crippen LogP contribution in [-0.2, 0) is 0 Å². The molecule has 4 heavy (non-hydrogen) atoms. The van der Waals surface area contributed by atoms with E-state index >= 15 is 0 Å². The van der Waals surface area contributed by atoms with Crippen LogP contribution in [0.1, 0.15) is 0 Å². The third-order valence-corrected chi connectivity index (χ3v) is 0. The molecule has 0 unspecified atom stereocenters. The molecule has 1 nitrogen and oxygen atoms in total. The molecule has 0 rings (SSSR count).